The van der Waals surface area contributed by atoms with Crippen LogP contribution in [0.3, 0.4) is 0 Å². The third-order valence-corrected chi connectivity index (χ3v) is 6.73. The van der Waals surface area contributed by atoms with E-state index in [2.05, 4.69) is 33.3 Å². The Bertz CT molecular complexity index is 911. The smallest absolute Gasteiger partial charge is 0.255 e. The second-order valence-corrected chi connectivity index (χ2v) is 8.64. The third kappa shape index (κ3) is 4.44. The highest BCUT2D eigenvalue weighted by atomic mass is 35.5. The maximum atomic E-state index is 13.2. The van der Waals surface area contributed by atoms with Gasteiger partial charge in [0.25, 0.3) is 5.56 Å². The minimum Gasteiger partial charge on any atom is -0.339 e. The van der Waals surface area contributed by atoms with Gasteiger partial charge in [0.05, 0.1) is 6.54 Å². The molecule has 7 nitrogen and oxygen atoms in total. The average Bonchev–Trinajstić information content (AvgIpc) is 3.10. The molecule has 4 heterocycles. The topological polar surface area (TPSA) is 76.2 Å². The van der Waals surface area contributed by atoms with Crippen molar-refractivity contribution in [1.82, 2.24) is 24.9 Å². The van der Waals surface area contributed by atoms with E-state index < -0.39 is 0 Å². The van der Waals surface area contributed by atoms with Gasteiger partial charge in [-0.1, -0.05) is 24.6 Å². The number of nitrogens with zero attached hydrogens (tertiary/aromatic N) is 4. The lowest BCUT2D eigenvalue weighted by atomic mass is 9.84. The average molecular weight is 456 g/mol. The van der Waals surface area contributed by atoms with Crippen molar-refractivity contribution in [3.8, 4) is 0 Å². The van der Waals surface area contributed by atoms with Crippen LogP contribution in [0.2, 0.25) is 0 Å². The van der Waals surface area contributed by atoms with Crippen molar-refractivity contribution in [2.75, 3.05) is 19.6 Å². The summed E-state index contributed by atoms with van der Waals surface area (Å²) in [5, 5.41) is 7.66. The van der Waals surface area contributed by atoms with E-state index in [0.717, 1.165) is 56.3 Å². The lowest BCUT2D eigenvalue weighted by molar-refractivity contribution is 0.245. The van der Waals surface area contributed by atoms with E-state index in [1.807, 2.05) is 10.6 Å². The zero-order valence-corrected chi connectivity index (χ0v) is 19.0. The molecule has 166 valence electrons. The van der Waals surface area contributed by atoms with E-state index in [1.165, 1.54) is 18.5 Å². The molecule has 0 spiro atoms. The van der Waals surface area contributed by atoms with Gasteiger partial charge in [0, 0.05) is 42.7 Å². The van der Waals surface area contributed by atoms with Crippen molar-refractivity contribution in [1.29, 1.82) is 0 Å². The van der Waals surface area contributed by atoms with Crippen molar-refractivity contribution < 1.29 is 4.52 Å². The summed E-state index contributed by atoms with van der Waals surface area (Å²) >= 11 is 0. The molecule has 1 saturated carbocycles. The Morgan fingerprint density at radius 2 is 2.03 bits per heavy atom. The molecule has 2 aliphatic heterocycles. The molecule has 1 N–H and O–H groups in total. The van der Waals surface area contributed by atoms with Crippen LogP contribution in [-0.4, -0.2) is 39.2 Å². The Kier molecular flexibility index (Phi) is 7.61. The first kappa shape index (κ1) is 23.3. The van der Waals surface area contributed by atoms with Crippen molar-refractivity contribution in [3.63, 3.8) is 0 Å². The molecule has 0 unspecified atom stereocenters. The van der Waals surface area contributed by atoms with Crippen LogP contribution in [0, 0.1) is 5.92 Å². The van der Waals surface area contributed by atoms with Gasteiger partial charge < -0.3 is 14.4 Å². The molecule has 5 rings (SSSR count). The monoisotopic (exact) mass is 455 g/mol. The molecule has 0 amide bonds. The summed E-state index contributed by atoms with van der Waals surface area (Å²) in [6.45, 7) is 7.03. The number of aromatic nitrogens is 3. The summed E-state index contributed by atoms with van der Waals surface area (Å²) in [7, 11) is 0. The first-order chi connectivity index (χ1) is 13.7. The zero-order valence-electron chi connectivity index (χ0n) is 17.4. The first-order valence-corrected chi connectivity index (χ1v) is 10.7. The summed E-state index contributed by atoms with van der Waals surface area (Å²) in [5.41, 5.74) is 2.24. The number of nitrogens with one attached hydrogen (secondary N) is 1. The molecule has 2 bridgehead atoms. The Labute approximate surface area is 189 Å². The fourth-order valence-corrected chi connectivity index (χ4v) is 4.83. The van der Waals surface area contributed by atoms with Crippen molar-refractivity contribution in [2.45, 2.75) is 64.1 Å². The van der Waals surface area contributed by atoms with Crippen LogP contribution in [-0.2, 0) is 19.6 Å². The first-order valence-electron chi connectivity index (χ1n) is 10.7. The van der Waals surface area contributed by atoms with Crippen LogP contribution in [0.1, 0.15) is 67.4 Å². The highest BCUT2D eigenvalue weighted by Crippen LogP contribution is 2.35. The summed E-state index contributed by atoms with van der Waals surface area (Å²) < 4.78 is 7.48. The molecule has 2 aromatic rings. The molecule has 0 aromatic carbocycles. The van der Waals surface area contributed by atoms with Crippen LogP contribution >= 0.6 is 24.8 Å². The highest BCUT2D eigenvalue weighted by Gasteiger charge is 2.31. The van der Waals surface area contributed by atoms with E-state index in [9.17, 15) is 4.79 Å². The fraction of sp³-hybridized carbons (Fsp3) is 0.667. The molecule has 2 aromatic heterocycles. The van der Waals surface area contributed by atoms with Crippen molar-refractivity contribution >= 4 is 24.8 Å². The molecule has 1 aliphatic carbocycles. The van der Waals surface area contributed by atoms with Crippen LogP contribution in [0.25, 0.3) is 0 Å². The zero-order chi connectivity index (χ0) is 19.1. The van der Waals surface area contributed by atoms with Crippen LogP contribution in [0.5, 0.6) is 0 Å². The van der Waals surface area contributed by atoms with Crippen molar-refractivity contribution in [3.05, 3.63) is 45.5 Å². The Hall–Kier alpha value is -1.41. The highest BCUT2D eigenvalue weighted by molar-refractivity contribution is 5.85. The molecule has 3 aliphatic rings. The number of piperidine rings is 1. The number of fused-ring (bicyclic) bond motifs is 4. The van der Waals surface area contributed by atoms with Gasteiger partial charge in [-0.25, -0.2) is 0 Å². The number of pyridine rings is 1. The van der Waals surface area contributed by atoms with Gasteiger partial charge in [-0.2, -0.15) is 4.98 Å². The second-order valence-electron chi connectivity index (χ2n) is 8.64. The number of halogens is 2. The number of hydrogen-bond donors (Lipinski definition) is 1. The third-order valence-electron chi connectivity index (χ3n) is 6.73. The molecule has 2 fully saturated rings. The van der Waals surface area contributed by atoms with E-state index in [0.29, 0.717) is 30.8 Å². The van der Waals surface area contributed by atoms with Gasteiger partial charge in [-0.15, -0.1) is 24.8 Å². The van der Waals surface area contributed by atoms with Gasteiger partial charge in [0.2, 0.25) is 5.89 Å². The largest absolute Gasteiger partial charge is 0.339 e. The van der Waals surface area contributed by atoms with Crippen LogP contribution in [0.15, 0.2) is 21.5 Å². The fourth-order valence-electron chi connectivity index (χ4n) is 4.83. The van der Waals surface area contributed by atoms with Crippen molar-refractivity contribution in [2.24, 2.45) is 5.92 Å². The van der Waals surface area contributed by atoms with E-state index in [4.69, 9.17) is 4.52 Å². The normalized spacial score (nSPS) is 22.6. The summed E-state index contributed by atoms with van der Waals surface area (Å²) in [4.78, 5) is 20.0. The maximum absolute atomic E-state index is 13.2. The Morgan fingerprint density at radius 3 is 2.77 bits per heavy atom. The minimum atomic E-state index is 0. The van der Waals surface area contributed by atoms with E-state index >= 15 is 0 Å². The predicted molar refractivity (Wildman–Crippen MR) is 120 cm³/mol. The number of rotatable bonds is 6. The molecule has 30 heavy (non-hydrogen) atoms. The van der Waals surface area contributed by atoms with Gasteiger partial charge >= 0.3 is 0 Å². The molecular weight excluding hydrogens is 425 g/mol. The van der Waals surface area contributed by atoms with Gasteiger partial charge in [0.15, 0.2) is 5.82 Å². The Balaban J connectivity index is 0.00000128. The van der Waals surface area contributed by atoms with Crippen LogP contribution < -0.4 is 10.9 Å². The molecule has 1 saturated heterocycles. The molecule has 9 heteroatoms. The van der Waals surface area contributed by atoms with E-state index in [1.54, 1.807) is 0 Å². The minimum absolute atomic E-state index is 0. The second kappa shape index (κ2) is 9.81. The lowest BCUT2D eigenvalue weighted by Gasteiger charge is -2.37. The maximum Gasteiger partial charge on any atom is 0.255 e. The lowest BCUT2D eigenvalue weighted by Crippen LogP contribution is -2.45. The van der Waals surface area contributed by atoms with E-state index in [-0.39, 0.29) is 30.4 Å². The molecule has 0 radical (unpaired) electrons. The summed E-state index contributed by atoms with van der Waals surface area (Å²) in [6, 6.07) is 4.20. The predicted octanol–water partition coefficient (Wildman–Crippen LogP) is 3.07. The number of hydrogen-bond acceptors (Lipinski definition) is 6. The SMILES string of the molecule is CCN(Cc1noc(C2CCC2)n1)Cc1ccc2n(c1=O)C[C@@H]1CNC[C@H]2C1.Cl.Cl. The quantitative estimate of drug-likeness (QED) is 0.720. The summed E-state index contributed by atoms with van der Waals surface area (Å²) in [6.07, 6.45) is 4.77. The standard InChI is InChI=1S/C21H29N5O2.2ClH/c1-2-25(13-19-23-20(28-24-19)15-4-3-5-15)12-16-6-7-18-17-8-14(9-22-10-17)11-26(18)21(16)27;;/h6-7,14-15,17,22H,2-5,8-13H2,1H3;2*1H/t14-,17+;;/m0../s1. The van der Waals surface area contributed by atoms with Gasteiger partial charge in [0.1, 0.15) is 0 Å². The van der Waals surface area contributed by atoms with Gasteiger partial charge in [-0.05, 0) is 44.3 Å². The van der Waals surface area contributed by atoms with Gasteiger partial charge in [-0.3, -0.25) is 9.69 Å². The molecule has 2 atom stereocenters. The summed E-state index contributed by atoms with van der Waals surface area (Å²) in [5.74, 6) is 3.01. The Morgan fingerprint density at radius 1 is 1.20 bits per heavy atom. The van der Waals surface area contributed by atoms with Crippen LogP contribution in [0.4, 0.5) is 0 Å². The molecular formula is C21H31Cl2N5O2.